The lowest BCUT2D eigenvalue weighted by Gasteiger charge is -2.39. The average Bonchev–Trinajstić information content (AvgIpc) is 3.15. The quantitative estimate of drug-likeness (QED) is 0.248. The monoisotopic (exact) mass is 544 g/mol. The SMILES string of the molecule is CC.CCCC.CCCC1C(=O)NC(C(=O)SCC(CNC(C)=O)C(=O)O)([C@H](O)C2C=CCCC2)C1O. The highest BCUT2D eigenvalue weighted by atomic mass is 32.2. The molecule has 1 aliphatic carbocycles. The van der Waals surface area contributed by atoms with E-state index in [1.54, 1.807) is 6.08 Å². The van der Waals surface area contributed by atoms with E-state index in [9.17, 15) is 34.5 Å². The van der Waals surface area contributed by atoms with Gasteiger partial charge in [0.1, 0.15) is 0 Å². The lowest BCUT2D eigenvalue weighted by molar-refractivity contribution is -0.140. The number of carbonyl (C=O) groups is 4. The zero-order valence-corrected chi connectivity index (χ0v) is 24.1. The molecule has 0 saturated carbocycles. The zero-order chi connectivity index (χ0) is 28.6. The van der Waals surface area contributed by atoms with Crippen LogP contribution in [0.4, 0.5) is 0 Å². The first-order valence-corrected chi connectivity index (χ1v) is 14.5. The molecular weight excluding hydrogens is 496 g/mol. The van der Waals surface area contributed by atoms with Gasteiger partial charge in [0.25, 0.3) is 0 Å². The minimum Gasteiger partial charge on any atom is -0.481 e. The molecule has 0 aromatic rings. The summed E-state index contributed by atoms with van der Waals surface area (Å²) in [7, 11) is 0. The molecule has 2 aliphatic rings. The molecule has 0 radical (unpaired) electrons. The van der Waals surface area contributed by atoms with Gasteiger partial charge in [0, 0.05) is 25.1 Å². The van der Waals surface area contributed by atoms with E-state index in [0.29, 0.717) is 31.0 Å². The Balaban J connectivity index is 0.00000196. The molecule has 10 heteroatoms. The van der Waals surface area contributed by atoms with Gasteiger partial charge in [0.05, 0.1) is 24.0 Å². The van der Waals surface area contributed by atoms with E-state index < -0.39 is 52.5 Å². The molecule has 5 N–H and O–H groups in total. The number of allylic oxidation sites excluding steroid dienone is 1. The van der Waals surface area contributed by atoms with Crippen LogP contribution in [0, 0.1) is 17.8 Å². The van der Waals surface area contributed by atoms with Gasteiger partial charge in [-0.2, -0.15) is 0 Å². The predicted molar refractivity (Wildman–Crippen MR) is 147 cm³/mol. The summed E-state index contributed by atoms with van der Waals surface area (Å²) in [6, 6.07) is 0. The number of nitrogens with one attached hydrogen (secondary N) is 2. The van der Waals surface area contributed by atoms with Crippen molar-refractivity contribution in [3.05, 3.63) is 12.2 Å². The van der Waals surface area contributed by atoms with E-state index in [4.69, 9.17) is 0 Å². The highest BCUT2D eigenvalue weighted by molar-refractivity contribution is 8.13. The Hall–Kier alpha value is -1.91. The van der Waals surface area contributed by atoms with Gasteiger partial charge < -0.3 is 26.0 Å². The van der Waals surface area contributed by atoms with Crippen molar-refractivity contribution in [3.63, 3.8) is 0 Å². The van der Waals surface area contributed by atoms with Crippen molar-refractivity contribution < 1.29 is 34.5 Å². The fourth-order valence-electron chi connectivity index (χ4n) is 4.19. The Labute approximate surface area is 226 Å². The van der Waals surface area contributed by atoms with Crippen molar-refractivity contribution >= 4 is 34.7 Å². The molecule has 0 spiro atoms. The largest absolute Gasteiger partial charge is 0.481 e. The minimum atomic E-state index is -1.91. The molecule has 0 aromatic heterocycles. The lowest BCUT2D eigenvalue weighted by Crippen LogP contribution is -2.64. The van der Waals surface area contributed by atoms with E-state index in [2.05, 4.69) is 24.5 Å². The molecule has 2 amide bonds. The number of carboxylic acid groups (broad SMARTS) is 1. The first-order chi connectivity index (χ1) is 17.6. The van der Waals surface area contributed by atoms with E-state index >= 15 is 0 Å². The Morgan fingerprint density at radius 3 is 2.27 bits per heavy atom. The van der Waals surface area contributed by atoms with E-state index in [1.165, 1.54) is 19.8 Å². The summed E-state index contributed by atoms with van der Waals surface area (Å²) in [5.41, 5.74) is -1.91. The van der Waals surface area contributed by atoms with Crippen LogP contribution in [-0.2, 0) is 19.2 Å². The average molecular weight is 545 g/mol. The molecule has 1 aliphatic heterocycles. The summed E-state index contributed by atoms with van der Waals surface area (Å²) in [5, 5.41) is 36.0. The number of aliphatic hydroxyl groups excluding tert-OH is 2. The van der Waals surface area contributed by atoms with Crippen LogP contribution < -0.4 is 10.6 Å². The van der Waals surface area contributed by atoms with Crippen LogP contribution in [0.25, 0.3) is 0 Å². The molecule has 0 aromatic carbocycles. The maximum Gasteiger partial charge on any atom is 0.309 e. The normalized spacial score (nSPS) is 25.9. The van der Waals surface area contributed by atoms with Crippen molar-refractivity contribution in [2.24, 2.45) is 17.8 Å². The topological polar surface area (TPSA) is 153 Å². The number of aliphatic carboxylic acids is 1. The fourth-order valence-corrected chi connectivity index (χ4v) is 5.34. The Bertz CT molecular complexity index is 759. The third kappa shape index (κ3) is 10.1. The van der Waals surface area contributed by atoms with Crippen LogP contribution in [0.1, 0.15) is 86.5 Å². The maximum atomic E-state index is 13.3. The first-order valence-electron chi connectivity index (χ1n) is 13.6. The number of amides is 2. The van der Waals surface area contributed by atoms with Gasteiger partial charge in [0.2, 0.25) is 16.9 Å². The molecule has 6 atom stereocenters. The molecule has 0 bridgehead atoms. The Morgan fingerprint density at radius 2 is 1.81 bits per heavy atom. The van der Waals surface area contributed by atoms with Crippen LogP contribution in [0.15, 0.2) is 12.2 Å². The summed E-state index contributed by atoms with van der Waals surface area (Å²) in [6.45, 7) is 11.3. The summed E-state index contributed by atoms with van der Waals surface area (Å²) >= 11 is 0.649. The molecule has 1 fully saturated rings. The van der Waals surface area contributed by atoms with E-state index in [-0.39, 0.29) is 18.2 Å². The van der Waals surface area contributed by atoms with Crippen LogP contribution in [0.2, 0.25) is 0 Å². The van der Waals surface area contributed by atoms with Crippen LogP contribution >= 0.6 is 11.8 Å². The van der Waals surface area contributed by atoms with Gasteiger partial charge >= 0.3 is 5.97 Å². The van der Waals surface area contributed by atoms with Crippen molar-refractivity contribution in [2.75, 3.05) is 12.3 Å². The van der Waals surface area contributed by atoms with E-state index in [0.717, 1.165) is 12.8 Å². The number of thioether (sulfide) groups is 1. The van der Waals surface area contributed by atoms with Gasteiger partial charge in [-0.1, -0.05) is 77.8 Å². The number of hydrogen-bond donors (Lipinski definition) is 5. The summed E-state index contributed by atoms with van der Waals surface area (Å²) < 4.78 is 0. The fraction of sp³-hybridized carbons (Fsp3) is 0.778. The van der Waals surface area contributed by atoms with Crippen molar-refractivity contribution in [3.8, 4) is 0 Å². The van der Waals surface area contributed by atoms with Crippen molar-refractivity contribution in [1.82, 2.24) is 10.6 Å². The third-order valence-electron chi connectivity index (χ3n) is 6.48. The summed E-state index contributed by atoms with van der Waals surface area (Å²) in [4.78, 5) is 48.6. The van der Waals surface area contributed by atoms with Crippen LogP contribution in [-0.4, -0.2) is 68.3 Å². The van der Waals surface area contributed by atoms with Gasteiger partial charge in [-0.15, -0.1) is 0 Å². The number of aliphatic hydroxyl groups is 2. The van der Waals surface area contributed by atoms with Gasteiger partial charge in [-0.3, -0.25) is 19.2 Å². The third-order valence-corrected chi connectivity index (χ3v) is 7.65. The van der Waals surface area contributed by atoms with E-state index in [1.807, 2.05) is 26.8 Å². The number of carbonyl (C=O) groups excluding carboxylic acids is 3. The van der Waals surface area contributed by atoms with Gasteiger partial charge in [-0.25, -0.2) is 0 Å². The maximum absolute atomic E-state index is 13.3. The summed E-state index contributed by atoms with van der Waals surface area (Å²) in [5.74, 6) is -4.52. The molecule has 214 valence electrons. The number of hydrogen-bond acceptors (Lipinski definition) is 7. The molecule has 2 rings (SSSR count). The number of carboxylic acids is 1. The second kappa shape index (κ2) is 18.4. The van der Waals surface area contributed by atoms with Crippen LogP contribution in [0.3, 0.4) is 0 Å². The zero-order valence-electron chi connectivity index (χ0n) is 23.3. The molecule has 5 unspecified atom stereocenters. The van der Waals surface area contributed by atoms with Gasteiger partial charge in [0.15, 0.2) is 5.54 Å². The molecule has 37 heavy (non-hydrogen) atoms. The summed E-state index contributed by atoms with van der Waals surface area (Å²) in [6.07, 6.45) is 6.83. The molecular formula is C27H48N2O7S. The molecule has 1 saturated heterocycles. The standard InChI is InChI=1S/C21H32N2O7S.C4H10.C2H6/c1-3-7-15-17(26)21(23-18(15)27,16(25)13-8-5-4-6-9-13)20(30)31-11-14(19(28)29)10-22-12(2)24;1-3-4-2;1-2/h5,8,13-17,25-26H,3-4,6-7,9-11H2,1-2H3,(H,22,24)(H,23,27)(H,28,29);3-4H2,1-2H3;1-2H3/t13?,14?,15?,16-,17?,21?;;/m1../s1. The Morgan fingerprint density at radius 1 is 1.19 bits per heavy atom. The van der Waals surface area contributed by atoms with Gasteiger partial charge in [-0.05, 0) is 25.7 Å². The highest BCUT2D eigenvalue weighted by Crippen LogP contribution is 2.40. The smallest absolute Gasteiger partial charge is 0.309 e. The van der Waals surface area contributed by atoms with Crippen LogP contribution in [0.5, 0.6) is 0 Å². The highest BCUT2D eigenvalue weighted by Gasteiger charge is 2.62. The Kier molecular flexibility index (Phi) is 17.4. The molecule has 1 heterocycles. The number of unbranched alkanes of at least 4 members (excludes halogenated alkanes) is 1. The molecule has 9 nitrogen and oxygen atoms in total. The van der Waals surface area contributed by atoms with Crippen molar-refractivity contribution in [2.45, 2.75) is 104 Å². The second-order valence-corrected chi connectivity index (χ2v) is 10.2. The first kappa shape index (κ1) is 35.1. The number of rotatable bonds is 11. The second-order valence-electron chi connectivity index (χ2n) is 9.24. The predicted octanol–water partition coefficient (Wildman–Crippen LogP) is 3.28. The van der Waals surface area contributed by atoms with Crippen molar-refractivity contribution in [1.29, 1.82) is 0 Å². The minimum absolute atomic E-state index is 0.154. The lowest BCUT2D eigenvalue weighted by atomic mass is 9.76.